The van der Waals surface area contributed by atoms with Gasteiger partial charge in [-0.3, -0.25) is 0 Å². The van der Waals surface area contributed by atoms with Crippen LogP contribution in [-0.2, 0) is 11.3 Å². The van der Waals surface area contributed by atoms with E-state index in [4.69, 9.17) is 9.68 Å². The zero-order valence-corrected chi connectivity index (χ0v) is 4.70. The Morgan fingerprint density at radius 1 is 1.78 bits per heavy atom. The number of ether oxygens (including phenoxy) is 1. The van der Waals surface area contributed by atoms with Gasteiger partial charge >= 0.3 is 0 Å². The van der Waals surface area contributed by atoms with Crippen molar-refractivity contribution in [2.24, 2.45) is 0 Å². The van der Waals surface area contributed by atoms with E-state index in [1.54, 1.807) is 18.4 Å². The second kappa shape index (κ2) is 2.78. The van der Waals surface area contributed by atoms with Crippen molar-refractivity contribution in [3.8, 4) is 6.26 Å². The van der Waals surface area contributed by atoms with E-state index < -0.39 is 0 Å². The van der Waals surface area contributed by atoms with Gasteiger partial charge in [-0.25, -0.2) is 0 Å². The van der Waals surface area contributed by atoms with Crippen LogP contribution in [0.1, 0.15) is 5.76 Å². The van der Waals surface area contributed by atoms with Gasteiger partial charge in [0.2, 0.25) is 0 Å². The average molecular weight is 123 g/mol. The largest absolute Gasteiger partial charge is 0.466 e. The first-order chi connectivity index (χ1) is 4.43. The lowest BCUT2D eigenvalue weighted by Gasteiger charge is -1.87. The van der Waals surface area contributed by atoms with E-state index in [1.807, 2.05) is 0 Å². The van der Waals surface area contributed by atoms with Crippen LogP contribution in [0.15, 0.2) is 22.8 Å². The van der Waals surface area contributed by atoms with E-state index in [1.165, 1.54) is 6.26 Å². The molecule has 0 bridgehead atoms. The van der Waals surface area contributed by atoms with E-state index in [2.05, 4.69) is 4.74 Å². The fraction of sp³-hybridized carbons (Fsp3) is 0.167. The third-order valence-corrected chi connectivity index (χ3v) is 0.859. The lowest BCUT2D eigenvalue weighted by atomic mass is 10.5. The van der Waals surface area contributed by atoms with Crippen LogP contribution in [0.2, 0.25) is 0 Å². The summed E-state index contributed by atoms with van der Waals surface area (Å²) in [7, 11) is 0. The minimum atomic E-state index is 0.226. The van der Waals surface area contributed by atoms with E-state index >= 15 is 0 Å². The first-order valence-corrected chi connectivity index (χ1v) is 2.47. The van der Waals surface area contributed by atoms with E-state index in [9.17, 15) is 0 Å². The maximum Gasteiger partial charge on any atom is 0.286 e. The van der Waals surface area contributed by atoms with Crippen molar-refractivity contribution in [2.45, 2.75) is 6.61 Å². The fourth-order valence-corrected chi connectivity index (χ4v) is 0.498. The Balaban J connectivity index is 2.41. The van der Waals surface area contributed by atoms with E-state index in [-0.39, 0.29) is 6.61 Å². The maximum absolute atomic E-state index is 7.95. The Morgan fingerprint density at radius 3 is 3.22 bits per heavy atom. The molecular formula is C6H5NO2. The molecule has 1 heterocycles. The first kappa shape index (κ1) is 5.70. The highest BCUT2D eigenvalue weighted by molar-refractivity contribution is 4.96. The molecule has 0 aliphatic heterocycles. The summed E-state index contributed by atoms with van der Waals surface area (Å²) < 4.78 is 9.25. The van der Waals surface area contributed by atoms with E-state index in [0.717, 1.165) is 0 Å². The Morgan fingerprint density at radius 2 is 2.67 bits per heavy atom. The van der Waals surface area contributed by atoms with Crippen molar-refractivity contribution in [2.75, 3.05) is 0 Å². The van der Waals surface area contributed by atoms with Crippen molar-refractivity contribution < 1.29 is 9.15 Å². The molecule has 0 saturated carbocycles. The molecule has 0 radical (unpaired) electrons. The van der Waals surface area contributed by atoms with Crippen LogP contribution in [0.3, 0.4) is 0 Å². The average Bonchev–Trinajstić information content (AvgIpc) is 2.34. The summed E-state index contributed by atoms with van der Waals surface area (Å²) in [5.41, 5.74) is 0. The van der Waals surface area contributed by atoms with Crippen LogP contribution in [0, 0.1) is 11.5 Å². The lowest BCUT2D eigenvalue weighted by Crippen LogP contribution is -1.80. The lowest BCUT2D eigenvalue weighted by molar-refractivity contribution is 0.228. The maximum atomic E-state index is 7.95. The Kier molecular flexibility index (Phi) is 1.76. The summed E-state index contributed by atoms with van der Waals surface area (Å²) in [5.74, 6) is 0.663. The van der Waals surface area contributed by atoms with Gasteiger partial charge in [-0.05, 0) is 12.1 Å². The molecular weight excluding hydrogens is 118 g/mol. The topological polar surface area (TPSA) is 46.2 Å². The molecule has 46 valence electrons. The minimum absolute atomic E-state index is 0.226. The normalized spacial score (nSPS) is 8.33. The predicted octanol–water partition coefficient (Wildman–Crippen LogP) is 1.28. The molecule has 0 unspecified atom stereocenters. The Bertz CT molecular complexity index is 197. The van der Waals surface area contributed by atoms with Gasteiger partial charge in [0.05, 0.1) is 6.26 Å². The molecule has 0 fully saturated rings. The van der Waals surface area contributed by atoms with Gasteiger partial charge in [0.15, 0.2) is 6.61 Å². The third-order valence-electron chi connectivity index (χ3n) is 0.859. The van der Waals surface area contributed by atoms with Crippen molar-refractivity contribution in [3.63, 3.8) is 0 Å². The van der Waals surface area contributed by atoms with Crippen molar-refractivity contribution >= 4 is 0 Å². The molecule has 0 atom stereocenters. The molecule has 3 heteroatoms. The highest BCUT2D eigenvalue weighted by Gasteiger charge is 1.91. The molecule has 0 amide bonds. The molecule has 3 nitrogen and oxygen atoms in total. The number of hydrogen-bond donors (Lipinski definition) is 0. The standard InChI is InChI=1S/C6H5NO2/c7-5-8-4-6-2-1-3-9-6/h1-3H,4H2. The number of rotatable bonds is 2. The van der Waals surface area contributed by atoms with Crippen molar-refractivity contribution in [3.05, 3.63) is 24.2 Å². The summed E-state index contributed by atoms with van der Waals surface area (Å²) in [6, 6.07) is 3.49. The van der Waals surface area contributed by atoms with Crippen LogP contribution < -0.4 is 0 Å². The molecule has 0 aromatic carbocycles. The number of nitrogens with zero attached hydrogens (tertiary/aromatic N) is 1. The van der Waals surface area contributed by atoms with Gasteiger partial charge in [-0.1, -0.05) is 0 Å². The summed E-state index contributed by atoms with van der Waals surface area (Å²) in [6.45, 7) is 0.226. The molecule has 0 saturated heterocycles. The summed E-state index contributed by atoms with van der Waals surface area (Å²) in [5, 5.41) is 7.95. The quantitative estimate of drug-likeness (QED) is 0.556. The monoisotopic (exact) mass is 123 g/mol. The summed E-state index contributed by atoms with van der Waals surface area (Å²) >= 11 is 0. The zero-order valence-electron chi connectivity index (χ0n) is 4.70. The Labute approximate surface area is 52.5 Å². The molecule has 0 aliphatic rings. The molecule has 9 heavy (non-hydrogen) atoms. The molecule has 0 aliphatic carbocycles. The molecule has 1 rings (SSSR count). The SMILES string of the molecule is N#COCc1ccco1. The molecule has 0 spiro atoms. The minimum Gasteiger partial charge on any atom is -0.466 e. The predicted molar refractivity (Wildman–Crippen MR) is 29.1 cm³/mol. The van der Waals surface area contributed by atoms with Crippen LogP contribution in [0.25, 0.3) is 0 Å². The van der Waals surface area contributed by atoms with Gasteiger partial charge in [0.1, 0.15) is 5.76 Å². The molecule has 1 aromatic heterocycles. The van der Waals surface area contributed by atoms with Crippen LogP contribution in [0.4, 0.5) is 0 Å². The van der Waals surface area contributed by atoms with Gasteiger partial charge in [-0.2, -0.15) is 5.26 Å². The molecule has 1 aromatic rings. The second-order valence-corrected chi connectivity index (χ2v) is 1.46. The van der Waals surface area contributed by atoms with Crippen molar-refractivity contribution in [1.82, 2.24) is 0 Å². The number of hydrogen-bond acceptors (Lipinski definition) is 3. The summed E-state index contributed by atoms with van der Waals surface area (Å²) in [6.07, 6.45) is 3.08. The van der Waals surface area contributed by atoms with Gasteiger partial charge in [-0.15, -0.1) is 0 Å². The van der Waals surface area contributed by atoms with Crippen LogP contribution in [0.5, 0.6) is 0 Å². The number of nitriles is 1. The number of furan rings is 1. The van der Waals surface area contributed by atoms with Crippen LogP contribution in [-0.4, -0.2) is 0 Å². The van der Waals surface area contributed by atoms with Gasteiger partial charge in [0, 0.05) is 0 Å². The van der Waals surface area contributed by atoms with Gasteiger partial charge in [0.25, 0.3) is 6.26 Å². The van der Waals surface area contributed by atoms with Crippen molar-refractivity contribution in [1.29, 1.82) is 5.26 Å². The van der Waals surface area contributed by atoms with Crippen LogP contribution >= 0.6 is 0 Å². The third kappa shape index (κ3) is 1.50. The highest BCUT2D eigenvalue weighted by atomic mass is 16.5. The van der Waals surface area contributed by atoms with E-state index in [0.29, 0.717) is 5.76 Å². The van der Waals surface area contributed by atoms with Gasteiger partial charge < -0.3 is 9.15 Å². The smallest absolute Gasteiger partial charge is 0.286 e. The Hall–Kier alpha value is -1.43. The zero-order chi connectivity index (χ0) is 6.53. The fourth-order valence-electron chi connectivity index (χ4n) is 0.498. The molecule has 0 N–H and O–H groups in total. The second-order valence-electron chi connectivity index (χ2n) is 1.46. The first-order valence-electron chi connectivity index (χ1n) is 2.47. The summed E-state index contributed by atoms with van der Waals surface area (Å²) in [4.78, 5) is 0. The highest BCUT2D eigenvalue weighted by Crippen LogP contribution is 2.00.